The Morgan fingerprint density at radius 1 is 1.03 bits per heavy atom. The molecule has 0 aliphatic carbocycles. The van der Waals surface area contributed by atoms with Crippen LogP contribution in [0.5, 0.6) is 11.5 Å². The third-order valence-electron chi connectivity index (χ3n) is 4.34. The number of halogens is 1. The SMILES string of the molecule is CCOC(=O)COc1ccc(OCc2cc(-c3ccc(Cl)cc3)oc2C)cc1C. The number of hydrogen-bond donors (Lipinski definition) is 0. The summed E-state index contributed by atoms with van der Waals surface area (Å²) in [5.74, 6) is 2.52. The van der Waals surface area contributed by atoms with Crippen molar-refractivity contribution >= 4 is 17.6 Å². The lowest BCUT2D eigenvalue weighted by atomic mass is 10.1. The molecule has 29 heavy (non-hydrogen) atoms. The fourth-order valence-corrected chi connectivity index (χ4v) is 2.92. The van der Waals surface area contributed by atoms with Crippen LogP contribution >= 0.6 is 11.6 Å². The van der Waals surface area contributed by atoms with E-state index in [-0.39, 0.29) is 12.6 Å². The summed E-state index contributed by atoms with van der Waals surface area (Å²) in [5, 5.41) is 0.686. The van der Waals surface area contributed by atoms with Gasteiger partial charge in [-0.05, 0) is 74.9 Å². The fraction of sp³-hybridized carbons (Fsp3) is 0.261. The number of carbonyl (C=O) groups excluding carboxylic acids is 1. The summed E-state index contributed by atoms with van der Waals surface area (Å²) in [5.41, 5.74) is 2.80. The van der Waals surface area contributed by atoms with Crippen LogP contribution in [0.15, 0.2) is 52.9 Å². The Balaban J connectivity index is 1.62. The second-order valence-electron chi connectivity index (χ2n) is 6.51. The van der Waals surface area contributed by atoms with Crippen molar-refractivity contribution < 1.29 is 23.4 Å². The summed E-state index contributed by atoms with van der Waals surface area (Å²) >= 11 is 5.94. The molecule has 3 aromatic rings. The van der Waals surface area contributed by atoms with Gasteiger partial charge in [0.25, 0.3) is 0 Å². The van der Waals surface area contributed by atoms with Crippen LogP contribution in [0.1, 0.15) is 23.8 Å². The predicted molar refractivity (Wildman–Crippen MR) is 112 cm³/mol. The lowest BCUT2D eigenvalue weighted by Crippen LogP contribution is -2.14. The Labute approximate surface area is 175 Å². The smallest absolute Gasteiger partial charge is 0.344 e. The Morgan fingerprint density at radius 2 is 1.79 bits per heavy atom. The molecular weight excluding hydrogens is 392 g/mol. The first-order valence-electron chi connectivity index (χ1n) is 9.33. The minimum absolute atomic E-state index is 0.115. The first kappa shape index (κ1) is 20.8. The Kier molecular flexibility index (Phi) is 6.83. The molecule has 6 heteroatoms. The van der Waals surface area contributed by atoms with Crippen molar-refractivity contribution in [2.75, 3.05) is 13.2 Å². The maximum atomic E-state index is 11.4. The normalized spacial score (nSPS) is 10.6. The minimum atomic E-state index is -0.390. The predicted octanol–water partition coefficient (Wildman–Crippen LogP) is 5.74. The molecule has 0 spiro atoms. The van der Waals surface area contributed by atoms with Crippen molar-refractivity contribution in [3.8, 4) is 22.8 Å². The average molecular weight is 415 g/mol. The van der Waals surface area contributed by atoms with Gasteiger partial charge in [0.2, 0.25) is 0 Å². The van der Waals surface area contributed by atoms with Crippen molar-refractivity contribution in [2.45, 2.75) is 27.4 Å². The number of esters is 1. The van der Waals surface area contributed by atoms with Crippen LogP contribution in [0.4, 0.5) is 0 Å². The zero-order valence-electron chi connectivity index (χ0n) is 16.7. The first-order valence-corrected chi connectivity index (χ1v) is 9.71. The van der Waals surface area contributed by atoms with Gasteiger partial charge < -0.3 is 18.6 Å². The maximum absolute atomic E-state index is 11.4. The zero-order chi connectivity index (χ0) is 20.8. The van der Waals surface area contributed by atoms with Crippen LogP contribution in [0, 0.1) is 13.8 Å². The van der Waals surface area contributed by atoms with Gasteiger partial charge in [-0.1, -0.05) is 11.6 Å². The van der Waals surface area contributed by atoms with E-state index in [1.54, 1.807) is 13.0 Å². The molecule has 5 nitrogen and oxygen atoms in total. The van der Waals surface area contributed by atoms with Gasteiger partial charge in [-0.3, -0.25) is 0 Å². The van der Waals surface area contributed by atoms with Crippen LogP contribution in [0.3, 0.4) is 0 Å². The van der Waals surface area contributed by atoms with Crippen molar-refractivity contribution in [1.29, 1.82) is 0 Å². The molecule has 0 amide bonds. The van der Waals surface area contributed by atoms with Crippen molar-refractivity contribution in [1.82, 2.24) is 0 Å². The van der Waals surface area contributed by atoms with E-state index in [1.165, 1.54) is 0 Å². The molecule has 0 saturated carbocycles. The van der Waals surface area contributed by atoms with E-state index < -0.39 is 0 Å². The number of furan rings is 1. The molecule has 3 rings (SSSR count). The maximum Gasteiger partial charge on any atom is 0.344 e. The van der Waals surface area contributed by atoms with E-state index in [9.17, 15) is 4.79 Å². The Bertz CT molecular complexity index is 975. The van der Waals surface area contributed by atoms with E-state index in [1.807, 2.05) is 56.3 Å². The van der Waals surface area contributed by atoms with Crippen LogP contribution in [0.2, 0.25) is 5.02 Å². The minimum Gasteiger partial charge on any atom is -0.489 e. The molecule has 1 heterocycles. The average Bonchev–Trinajstić information content (AvgIpc) is 3.07. The zero-order valence-corrected chi connectivity index (χ0v) is 17.4. The summed E-state index contributed by atoms with van der Waals surface area (Å²) in [6, 6.07) is 14.9. The molecule has 0 bridgehead atoms. The number of hydrogen-bond acceptors (Lipinski definition) is 5. The van der Waals surface area contributed by atoms with E-state index in [0.717, 1.165) is 28.2 Å². The van der Waals surface area contributed by atoms with E-state index >= 15 is 0 Å². The molecule has 0 aliphatic heterocycles. The molecule has 0 fully saturated rings. The molecule has 0 radical (unpaired) electrons. The lowest BCUT2D eigenvalue weighted by molar-refractivity contribution is -0.145. The molecule has 0 atom stereocenters. The molecule has 2 aromatic carbocycles. The van der Waals surface area contributed by atoms with Gasteiger partial charge in [-0.15, -0.1) is 0 Å². The van der Waals surface area contributed by atoms with Gasteiger partial charge in [0.05, 0.1) is 6.61 Å². The van der Waals surface area contributed by atoms with Gasteiger partial charge in [0.1, 0.15) is 29.6 Å². The quantitative estimate of drug-likeness (QED) is 0.440. The lowest BCUT2D eigenvalue weighted by Gasteiger charge is -2.11. The van der Waals surface area contributed by atoms with Gasteiger partial charge in [-0.25, -0.2) is 4.79 Å². The largest absolute Gasteiger partial charge is 0.489 e. The van der Waals surface area contributed by atoms with Gasteiger partial charge in [0, 0.05) is 16.1 Å². The second kappa shape index (κ2) is 9.52. The van der Waals surface area contributed by atoms with E-state index in [2.05, 4.69) is 0 Å². The Hall–Kier alpha value is -2.92. The standard InChI is InChI=1S/C23H23ClO5/c1-4-26-23(25)14-28-21-10-9-20(11-15(21)2)27-13-18-12-22(29-16(18)3)17-5-7-19(24)8-6-17/h5-12H,4,13-14H2,1-3H3. The number of benzene rings is 2. The van der Waals surface area contributed by atoms with E-state index in [0.29, 0.717) is 29.7 Å². The van der Waals surface area contributed by atoms with Gasteiger partial charge in [0.15, 0.2) is 6.61 Å². The van der Waals surface area contributed by atoms with Crippen molar-refractivity contribution in [3.63, 3.8) is 0 Å². The number of aryl methyl sites for hydroxylation is 2. The molecule has 0 N–H and O–H groups in total. The molecule has 152 valence electrons. The molecule has 0 aliphatic rings. The highest BCUT2D eigenvalue weighted by molar-refractivity contribution is 6.30. The second-order valence-corrected chi connectivity index (χ2v) is 6.95. The molecule has 1 aromatic heterocycles. The molecular formula is C23H23ClO5. The highest BCUT2D eigenvalue weighted by Crippen LogP contribution is 2.28. The molecule has 0 unspecified atom stereocenters. The summed E-state index contributed by atoms with van der Waals surface area (Å²) in [6.07, 6.45) is 0. The van der Waals surface area contributed by atoms with Crippen LogP contribution in [-0.4, -0.2) is 19.2 Å². The first-order chi connectivity index (χ1) is 14.0. The summed E-state index contributed by atoms with van der Waals surface area (Å²) in [6.45, 7) is 6.17. The van der Waals surface area contributed by atoms with Crippen molar-refractivity contribution in [3.05, 3.63) is 70.4 Å². The van der Waals surface area contributed by atoms with Crippen molar-refractivity contribution in [2.24, 2.45) is 0 Å². The highest BCUT2D eigenvalue weighted by atomic mass is 35.5. The third kappa shape index (κ3) is 5.55. The third-order valence-corrected chi connectivity index (χ3v) is 4.59. The summed E-state index contributed by atoms with van der Waals surface area (Å²) < 4.78 is 22.1. The summed E-state index contributed by atoms with van der Waals surface area (Å²) in [4.78, 5) is 11.4. The van der Waals surface area contributed by atoms with E-state index in [4.69, 9.17) is 30.2 Å². The number of ether oxygens (including phenoxy) is 3. The summed E-state index contributed by atoms with van der Waals surface area (Å²) in [7, 11) is 0. The van der Waals surface area contributed by atoms with Crippen LogP contribution in [0.25, 0.3) is 11.3 Å². The number of rotatable bonds is 8. The highest BCUT2D eigenvalue weighted by Gasteiger charge is 2.11. The van der Waals surface area contributed by atoms with Crippen LogP contribution < -0.4 is 9.47 Å². The molecule has 0 saturated heterocycles. The Morgan fingerprint density at radius 3 is 2.48 bits per heavy atom. The topological polar surface area (TPSA) is 57.9 Å². The fourth-order valence-electron chi connectivity index (χ4n) is 2.79. The van der Waals surface area contributed by atoms with Gasteiger partial charge in [-0.2, -0.15) is 0 Å². The van der Waals surface area contributed by atoms with Crippen LogP contribution in [-0.2, 0) is 16.1 Å². The monoisotopic (exact) mass is 414 g/mol. The number of carbonyl (C=O) groups is 1. The van der Waals surface area contributed by atoms with Gasteiger partial charge >= 0.3 is 5.97 Å².